The number of esters is 1. The zero-order chi connectivity index (χ0) is 20.1. The molecule has 0 saturated heterocycles. The highest BCUT2D eigenvalue weighted by molar-refractivity contribution is 9.11. The highest BCUT2D eigenvalue weighted by Crippen LogP contribution is 2.35. The molecule has 0 bridgehead atoms. The van der Waals surface area contributed by atoms with Gasteiger partial charge in [-0.2, -0.15) is 0 Å². The van der Waals surface area contributed by atoms with Crippen LogP contribution in [0, 0.1) is 12.7 Å². The van der Waals surface area contributed by atoms with Crippen molar-refractivity contribution < 1.29 is 18.7 Å². The van der Waals surface area contributed by atoms with Gasteiger partial charge < -0.3 is 9.47 Å². The van der Waals surface area contributed by atoms with Gasteiger partial charge in [0.15, 0.2) is 0 Å². The molecule has 0 radical (unpaired) electrons. The number of hydrogen-bond donors (Lipinski definition) is 0. The maximum Gasteiger partial charge on any atom is 0.338 e. The minimum Gasteiger partial charge on any atom is -0.487 e. The zero-order valence-electron chi connectivity index (χ0n) is 15.0. The molecule has 0 saturated carbocycles. The van der Waals surface area contributed by atoms with Crippen molar-refractivity contribution in [2.24, 2.45) is 0 Å². The van der Waals surface area contributed by atoms with E-state index >= 15 is 0 Å². The maximum absolute atomic E-state index is 12.9. The summed E-state index contributed by atoms with van der Waals surface area (Å²) >= 11 is 7.01. The van der Waals surface area contributed by atoms with Crippen molar-refractivity contribution in [1.82, 2.24) is 0 Å². The van der Waals surface area contributed by atoms with Crippen molar-refractivity contribution in [3.63, 3.8) is 0 Å². The van der Waals surface area contributed by atoms with Crippen LogP contribution in [0.2, 0.25) is 0 Å². The number of ether oxygens (including phenoxy) is 2. The largest absolute Gasteiger partial charge is 0.487 e. The van der Waals surface area contributed by atoms with Gasteiger partial charge >= 0.3 is 5.97 Å². The highest BCUT2D eigenvalue weighted by atomic mass is 79.9. The van der Waals surface area contributed by atoms with E-state index in [1.807, 2.05) is 31.2 Å². The standard InChI is InChI=1S/C22H17Br2FO3/c1-14-10-19(23)21(20(24)11-14)27-12-15-2-6-17(7-3-15)22(26)28-13-16-4-8-18(25)9-5-16/h2-11H,12-13H2,1H3. The number of hydrogen-bond acceptors (Lipinski definition) is 3. The molecule has 0 aliphatic rings. The van der Waals surface area contributed by atoms with Gasteiger partial charge in [0.05, 0.1) is 14.5 Å². The highest BCUT2D eigenvalue weighted by Gasteiger charge is 2.10. The van der Waals surface area contributed by atoms with Crippen LogP contribution in [0.4, 0.5) is 4.39 Å². The van der Waals surface area contributed by atoms with E-state index in [9.17, 15) is 9.18 Å². The van der Waals surface area contributed by atoms with E-state index in [-0.39, 0.29) is 12.4 Å². The van der Waals surface area contributed by atoms with Crippen molar-refractivity contribution >= 4 is 37.8 Å². The second-order valence-electron chi connectivity index (χ2n) is 6.25. The molecule has 0 aliphatic carbocycles. The van der Waals surface area contributed by atoms with Crippen LogP contribution in [-0.2, 0) is 18.0 Å². The summed E-state index contributed by atoms with van der Waals surface area (Å²) in [5.74, 6) is -0.0215. The molecular formula is C22H17Br2FO3. The molecule has 6 heteroatoms. The van der Waals surface area contributed by atoms with Gasteiger partial charge in [-0.1, -0.05) is 24.3 Å². The van der Waals surface area contributed by atoms with Crippen molar-refractivity contribution in [3.05, 3.63) is 97.7 Å². The normalized spacial score (nSPS) is 10.6. The Morgan fingerprint density at radius 1 is 0.893 bits per heavy atom. The van der Waals surface area contributed by atoms with Crippen LogP contribution in [-0.4, -0.2) is 5.97 Å². The number of halogens is 3. The Morgan fingerprint density at radius 2 is 1.43 bits per heavy atom. The maximum atomic E-state index is 12.9. The fourth-order valence-electron chi connectivity index (χ4n) is 2.53. The molecule has 0 amide bonds. The van der Waals surface area contributed by atoms with Crippen LogP contribution >= 0.6 is 31.9 Å². The Kier molecular flexibility index (Phi) is 6.86. The number of carbonyl (C=O) groups excluding carboxylic acids is 1. The number of benzene rings is 3. The Bertz CT molecular complexity index is 947. The number of aryl methyl sites for hydroxylation is 1. The number of rotatable bonds is 6. The zero-order valence-corrected chi connectivity index (χ0v) is 18.2. The van der Waals surface area contributed by atoms with Crippen molar-refractivity contribution in [2.45, 2.75) is 20.1 Å². The summed E-state index contributed by atoms with van der Waals surface area (Å²) in [6, 6.07) is 16.9. The third kappa shape index (κ3) is 5.42. The van der Waals surface area contributed by atoms with Crippen molar-refractivity contribution in [3.8, 4) is 5.75 Å². The molecule has 28 heavy (non-hydrogen) atoms. The van der Waals surface area contributed by atoms with E-state index in [2.05, 4.69) is 31.9 Å². The topological polar surface area (TPSA) is 35.5 Å². The van der Waals surface area contributed by atoms with E-state index in [4.69, 9.17) is 9.47 Å². The first kappa shape index (κ1) is 20.6. The van der Waals surface area contributed by atoms with E-state index < -0.39 is 5.97 Å². The summed E-state index contributed by atoms with van der Waals surface area (Å²) in [6.45, 7) is 2.47. The van der Waals surface area contributed by atoms with Gasteiger partial charge in [-0.3, -0.25) is 0 Å². The fourth-order valence-corrected chi connectivity index (χ4v) is 4.17. The molecule has 0 unspecified atom stereocenters. The van der Waals surface area contributed by atoms with Gasteiger partial charge in [0, 0.05) is 0 Å². The van der Waals surface area contributed by atoms with Crippen molar-refractivity contribution in [2.75, 3.05) is 0 Å². The fraction of sp³-hybridized carbons (Fsp3) is 0.136. The molecule has 3 nitrogen and oxygen atoms in total. The van der Waals surface area contributed by atoms with Gasteiger partial charge in [-0.25, -0.2) is 9.18 Å². The molecule has 0 spiro atoms. The summed E-state index contributed by atoms with van der Waals surface area (Å²) in [5, 5.41) is 0. The Balaban J connectivity index is 1.57. The van der Waals surface area contributed by atoms with E-state index in [1.165, 1.54) is 12.1 Å². The van der Waals surface area contributed by atoms with Crippen LogP contribution < -0.4 is 4.74 Å². The summed E-state index contributed by atoms with van der Waals surface area (Å²) < 4.78 is 25.8. The molecule has 0 aliphatic heterocycles. The molecule has 3 rings (SSSR count). The molecular weight excluding hydrogens is 491 g/mol. The molecule has 144 valence electrons. The monoisotopic (exact) mass is 506 g/mol. The molecule has 0 heterocycles. The average molecular weight is 508 g/mol. The number of carbonyl (C=O) groups is 1. The van der Waals surface area contributed by atoms with Crippen LogP contribution in [0.5, 0.6) is 5.75 Å². The van der Waals surface area contributed by atoms with Crippen molar-refractivity contribution in [1.29, 1.82) is 0 Å². The Hall–Kier alpha value is -2.18. The van der Waals surface area contributed by atoms with Gasteiger partial charge in [-0.15, -0.1) is 0 Å². The van der Waals surface area contributed by atoms with E-state index in [0.29, 0.717) is 12.2 Å². The molecule has 0 aromatic heterocycles. The van der Waals surface area contributed by atoms with Crippen LogP contribution in [0.25, 0.3) is 0 Å². The predicted octanol–water partition coefficient (Wildman–Crippen LogP) is 6.60. The van der Waals surface area contributed by atoms with Crippen LogP contribution in [0.1, 0.15) is 27.0 Å². The summed E-state index contributed by atoms with van der Waals surface area (Å²) in [6.07, 6.45) is 0. The van der Waals surface area contributed by atoms with Gasteiger partial charge in [0.1, 0.15) is 24.8 Å². The first-order valence-corrected chi connectivity index (χ1v) is 10.1. The molecule has 3 aromatic carbocycles. The first-order valence-electron chi connectivity index (χ1n) is 8.51. The molecule has 3 aromatic rings. The molecule has 0 atom stereocenters. The lowest BCUT2D eigenvalue weighted by atomic mass is 10.1. The lowest BCUT2D eigenvalue weighted by molar-refractivity contribution is 0.0472. The van der Waals surface area contributed by atoms with Crippen LogP contribution in [0.15, 0.2) is 69.6 Å². The SMILES string of the molecule is Cc1cc(Br)c(OCc2ccc(C(=O)OCc3ccc(F)cc3)cc2)c(Br)c1. The smallest absolute Gasteiger partial charge is 0.338 e. The van der Waals surface area contributed by atoms with Gasteiger partial charge in [0.2, 0.25) is 0 Å². The molecule has 0 fully saturated rings. The molecule has 0 N–H and O–H groups in total. The second-order valence-corrected chi connectivity index (χ2v) is 7.95. The van der Waals surface area contributed by atoms with E-state index in [1.54, 1.807) is 24.3 Å². The predicted molar refractivity (Wildman–Crippen MR) is 113 cm³/mol. The minimum absolute atomic E-state index is 0.0967. The third-order valence-corrected chi connectivity index (χ3v) is 5.18. The first-order chi connectivity index (χ1) is 13.4. The van der Waals surface area contributed by atoms with Gasteiger partial charge in [0.25, 0.3) is 0 Å². The van der Waals surface area contributed by atoms with E-state index in [0.717, 1.165) is 31.4 Å². The summed E-state index contributed by atoms with van der Waals surface area (Å²) in [7, 11) is 0. The second kappa shape index (κ2) is 9.34. The average Bonchev–Trinajstić information content (AvgIpc) is 2.67. The summed E-state index contributed by atoms with van der Waals surface area (Å²) in [4.78, 5) is 12.2. The third-order valence-electron chi connectivity index (χ3n) is 4.00. The summed E-state index contributed by atoms with van der Waals surface area (Å²) in [5.41, 5.74) is 3.22. The lowest BCUT2D eigenvalue weighted by Crippen LogP contribution is -2.06. The van der Waals surface area contributed by atoms with Gasteiger partial charge in [-0.05, 0) is 91.9 Å². The van der Waals surface area contributed by atoms with Crippen LogP contribution in [0.3, 0.4) is 0 Å². The Labute approximate surface area is 179 Å². The lowest BCUT2D eigenvalue weighted by Gasteiger charge is -2.11. The quantitative estimate of drug-likeness (QED) is 0.353. The Morgan fingerprint density at radius 3 is 2.04 bits per heavy atom. The minimum atomic E-state index is -0.430.